The summed E-state index contributed by atoms with van der Waals surface area (Å²) in [5.74, 6) is 0.711. The molecule has 2 rings (SSSR count). The molecule has 0 aliphatic carbocycles. The molecule has 0 unspecified atom stereocenters. The van der Waals surface area contributed by atoms with Crippen LogP contribution in [0.4, 0.5) is 0 Å². The minimum absolute atomic E-state index is 0.376. The number of hydrogen-bond donors (Lipinski definition) is 0. The lowest BCUT2D eigenvalue weighted by atomic mass is 10.3. The maximum absolute atomic E-state index is 8.97. The van der Waals surface area contributed by atoms with E-state index in [0.717, 1.165) is 0 Å². The second-order valence-corrected chi connectivity index (χ2v) is 3.22. The van der Waals surface area contributed by atoms with Crippen molar-refractivity contribution >= 4 is 0 Å². The number of nitriles is 2. The van der Waals surface area contributed by atoms with Gasteiger partial charge in [0.2, 0.25) is 0 Å². The fraction of sp³-hybridized carbons (Fsp3) is 0.182. The Kier molecular flexibility index (Phi) is 2.71. The minimum Gasteiger partial charge on any atom is -0.308 e. The van der Waals surface area contributed by atoms with Crippen LogP contribution in [0.2, 0.25) is 0 Å². The third-order valence-electron chi connectivity index (χ3n) is 2.22. The molecular formula is C11H9N5. The first-order valence-electron chi connectivity index (χ1n) is 4.83. The molecule has 2 aromatic rings. The molecule has 0 aliphatic heterocycles. The molecular weight excluding hydrogens is 202 g/mol. The van der Waals surface area contributed by atoms with Crippen LogP contribution in [0.3, 0.4) is 0 Å². The average Bonchev–Trinajstić information content (AvgIpc) is 2.94. The van der Waals surface area contributed by atoms with Gasteiger partial charge in [-0.3, -0.25) is 0 Å². The van der Waals surface area contributed by atoms with Gasteiger partial charge in [-0.15, -0.1) is 0 Å². The van der Waals surface area contributed by atoms with Crippen molar-refractivity contribution in [2.45, 2.75) is 13.0 Å². The van der Waals surface area contributed by atoms with Gasteiger partial charge in [0.25, 0.3) is 0 Å². The van der Waals surface area contributed by atoms with Crippen LogP contribution >= 0.6 is 0 Å². The zero-order valence-electron chi connectivity index (χ0n) is 8.54. The molecule has 5 nitrogen and oxygen atoms in total. The van der Waals surface area contributed by atoms with Crippen LogP contribution in [0.5, 0.6) is 0 Å². The van der Waals surface area contributed by atoms with E-state index in [4.69, 9.17) is 10.5 Å². The van der Waals surface area contributed by atoms with Gasteiger partial charge in [-0.05, 0) is 12.1 Å². The first-order valence-corrected chi connectivity index (χ1v) is 4.83. The molecule has 0 atom stereocenters. The number of rotatable bonds is 3. The summed E-state index contributed by atoms with van der Waals surface area (Å²) in [6.45, 7) is 0.492. The van der Waals surface area contributed by atoms with E-state index in [1.165, 1.54) is 6.20 Å². The van der Waals surface area contributed by atoms with Crippen molar-refractivity contribution in [3.05, 3.63) is 36.3 Å². The van der Waals surface area contributed by atoms with Crippen LogP contribution in [0.1, 0.15) is 12.0 Å². The molecule has 0 spiro atoms. The standard InChI is InChI=1S/C11H9N5/c12-4-3-7-16-11(10(8-13)9-14-16)15-5-1-2-6-15/h1-2,5-6,9H,3,7H2. The molecule has 2 aromatic heterocycles. The quantitative estimate of drug-likeness (QED) is 0.771. The van der Waals surface area contributed by atoms with E-state index in [9.17, 15) is 0 Å². The van der Waals surface area contributed by atoms with Gasteiger partial charge < -0.3 is 4.57 Å². The first-order chi connectivity index (χ1) is 7.86. The van der Waals surface area contributed by atoms with Crippen LogP contribution in [-0.4, -0.2) is 14.3 Å². The zero-order valence-corrected chi connectivity index (χ0v) is 8.54. The maximum Gasteiger partial charge on any atom is 0.153 e. The minimum atomic E-state index is 0.376. The predicted octanol–water partition coefficient (Wildman–Crippen LogP) is 1.46. The average molecular weight is 211 g/mol. The van der Waals surface area contributed by atoms with Crippen molar-refractivity contribution in [1.29, 1.82) is 10.5 Å². The molecule has 78 valence electrons. The third kappa shape index (κ3) is 1.67. The van der Waals surface area contributed by atoms with Gasteiger partial charge in [-0.1, -0.05) is 0 Å². The Balaban J connectivity index is 2.45. The second kappa shape index (κ2) is 4.33. The van der Waals surface area contributed by atoms with Gasteiger partial charge in [0.05, 0.1) is 25.2 Å². The van der Waals surface area contributed by atoms with E-state index in [1.807, 2.05) is 29.1 Å². The number of hydrogen-bond acceptors (Lipinski definition) is 3. The Morgan fingerprint density at radius 3 is 2.62 bits per heavy atom. The summed E-state index contributed by atoms with van der Waals surface area (Å²) in [5, 5.41) is 21.6. The van der Waals surface area contributed by atoms with Crippen LogP contribution in [0.15, 0.2) is 30.7 Å². The molecule has 0 radical (unpaired) electrons. The highest BCUT2D eigenvalue weighted by atomic mass is 15.3. The Morgan fingerprint density at radius 2 is 2.00 bits per heavy atom. The van der Waals surface area contributed by atoms with E-state index in [2.05, 4.69) is 17.2 Å². The molecule has 0 fully saturated rings. The predicted molar refractivity (Wildman–Crippen MR) is 56.5 cm³/mol. The second-order valence-electron chi connectivity index (χ2n) is 3.22. The van der Waals surface area contributed by atoms with E-state index >= 15 is 0 Å². The van der Waals surface area contributed by atoms with Crippen LogP contribution in [0, 0.1) is 22.7 Å². The van der Waals surface area contributed by atoms with E-state index < -0.39 is 0 Å². The normalized spacial score (nSPS) is 9.62. The largest absolute Gasteiger partial charge is 0.308 e. The monoisotopic (exact) mass is 211 g/mol. The lowest BCUT2D eigenvalue weighted by Gasteiger charge is -2.06. The SMILES string of the molecule is N#CCCn1ncc(C#N)c1-n1cccc1. The topological polar surface area (TPSA) is 70.3 Å². The Morgan fingerprint density at radius 1 is 1.25 bits per heavy atom. The summed E-state index contributed by atoms with van der Waals surface area (Å²) in [6.07, 6.45) is 5.59. The third-order valence-corrected chi connectivity index (χ3v) is 2.22. The maximum atomic E-state index is 8.97. The number of nitrogens with zero attached hydrogens (tertiary/aromatic N) is 5. The van der Waals surface area contributed by atoms with E-state index in [-0.39, 0.29) is 0 Å². The van der Waals surface area contributed by atoms with Crippen molar-refractivity contribution in [3.8, 4) is 18.0 Å². The van der Waals surface area contributed by atoms with Crippen molar-refractivity contribution in [2.24, 2.45) is 0 Å². The Bertz CT molecular complexity index is 550. The summed E-state index contributed by atoms with van der Waals surface area (Å²) in [7, 11) is 0. The molecule has 5 heteroatoms. The van der Waals surface area contributed by atoms with Gasteiger partial charge in [-0.25, -0.2) is 4.68 Å². The summed E-state index contributed by atoms with van der Waals surface area (Å²) in [5.41, 5.74) is 0.508. The van der Waals surface area contributed by atoms with E-state index in [1.54, 1.807) is 4.68 Å². The molecule has 0 aliphatic rings. The van der Waals surface area contributed by atoms with Crippen LogP contribution in [0.25, 0.3) is 5.82 Å². The van der Waals surface area contributed by atoms with E-state index in [0.29, 0.717) is 24.3 Å². The molecule has 2 heterocycles. The summed E-state index contributed by atoms with van der Waals surface area (Å²) < 4.78 is 3.49. The van der Waals surface area contributed by atoms with Crippen molar-refractivity contribution < 1.29 is 0 Å². The van der Waals surface area contributed by atoms with Crippen molar-refractivity contribution in [1.82, 2.24) is 14.3 Å². The Labute approximate surface area is 92.8 Å². The molecule has 0 amide bonds. The van der Waals surface area contributed by atoms with Gasteiger partial charge in [0.15, 0.2) is 5.82 Å². The Hall–Kier alpha value is -2.53. The lowest BCUT2D eigenvalue weighted by molar-refractivity contribution is 0.610. The highest BCUT2D eigenvalue weighted by molar-refractivity contribution is 5.43. The van der Waals surface area contributed by atoms with Crippen molar-refractivity contribution in [3.63, 3.8) is 0 Å². The molecule has 0 bridgehead atoms. The van der Waals surface area contributed by atoms with Crippen molar-refractivity contribution in [2.75, 3.05) is 0 Å². The van der Waals surface area contributed by atoms with Gasteiger partial charge in [0, 0.05) is 12.4 Å². The van der Waals surface area contributed by atoms with Gasteiger partial charge >= 0.3 is 0 Å². The molecule has 0 saturated heterocycles. The fourth-order valence-corrected chi connectivity index (χ4v) is 1.53. The summed E-state index contributed by atoms with van der Waals surface area (Å²) in [4.78, 5) is 0. The smallest absolute Gasteiger partial charge is 0.153 e. The summed E-state index contributed by atoms with van der Waals surface area (Å²) in [6, 6.07) is 7.91. The molecule has 0 saturated carbocycles. The molecule has 0 N–H and O–H groups in total. The number of aromatic nitrogens is 3. The highest BCUT2D eigenvalue weighted by Crippen LogP contribution is 2.14. The van der Waals surface area contributed by atoms with Crippen LogP contribution in [-0.2, 0) is 6.54 Å². The number of aryl methyl sites for hydroxylation is 1. The fourth-order valence-electron chi connectivity index (χ4n) is 1.53. The first kappa shape index (κ1) is 10.0. The highest BCUT2D eigenvalue weighted by Gasteiger charge is 2.11. The van der Waals surface area contributed by atoms with Gasteiger partial charge in [-0.2, -0.15) is 15.6 Å². The summed E-state index contributed by atoms with van der Waals surface area (Å²) >= 11 is 0. The molecule has 0 aromatic carbocycles. The van der Waals surface area contributed by atoms with Gasteiger partial charge in [0.1, 0.15) is 11.6 Å². The van der Waals surface area contributed by atoms with Crippen LogP contribution < -0.4 is 0 Å². The zero-order chi connectivity index (χ0) is 11.4. The lowest BCUT2D eigenvalue weighted by Crippen LogP contribution is -2.07. The molecule has 16 heavy (non-hydrogen) atoms.